The molecule has 0 amide bonds. The molecule has 0 aromatic heterocycles. The monoisotopic (exact) mass is 236 g/mol. The number of rotatable bonds is 2. The minimum absolute atomic E-state index is 0.788. The molecule has 2 nitrogen and oxygen atoms in total. The van der Waals surface area contributed by atoms with Crippen LogP contribution in [0.2, 0.25) is 0 Å². The molecule has 2 saturated heterocycles. The van der Waals surface area contributed by atoms with E-state index in [1.165, 1.54) is 71.2 Å². The van der Waals surface area contributed by atoms with Crippen molar-refractivity contribution in [3.63, 3.8) is 0 Å². The SMILES string of the molecule is C[C@@H]1CNC[C@H]1CN1CCC2(CCCC2)CC1. The molecule has 3 rings (SSSR count). The van der Waals surface area contributed by atoms with Crippen LogP contribution in [0.4, 0.5) is 0 Å². The molecule has 1 N–H and O–H groups in total. The first-order valence-corrected chi connectivity index (χ1v) is 7.71. The molecule has 98 valence electrons. The first kappa shape index (κ1) is 12.0. The molecule has 0 radical (unpaired) electrons. The number of piperidine rings is 1. The third kappa shape index (κ3) is 2.53. The molecule has 0 bridgehead atoms. The van der Waals surface area contributed by atoms with Crippen LogP contribution in [0, 0.1) is 17.3 Å². The predicted octanol–water partition coefficient (Wildman–Crippen LogP) is 2.50. The van der Waals surface area contributed by atoms with Gasteiger partial charge in [-0.1, -0.05) is 19.8 Å². The van der Waals surface area contributed by atoms with E-state index < -0.39 is 0 Å². The number of hydrogen-bond donors (Lipinski definition) is 1. The molecule has 1 saturated carbocycles. The van der Waals surface area contributed by atoms with Crippen LogP contribution in [0.3, 0.4) is 0 Å². The quantitative estimate of drug-likeness (QED) is 0.792. The molecule has 2 aliphatic heterocycles. The normalized spacial score (nSPS) is 37.9. The molecule has 0 aromatic rings. The Bertz CT molecular complexity index is 248. The molecule has 1 spiro atoms. The Morgan fingerprint density at radius 1 is 1.06 bits per heavy atom. The molecule has 0 unspecified atom stereocenters. The summed E-state index contributed by atoms with van der Waals surface area (Å²) in [6.07, 6.45) is 9.04. The topological polar surface area (TPSA) is 15.3 Å². The van der Waals surface area contributed by atoms with Crippen LogP contribution in [0.25, 0.3) is 0 Å². The van der Waals surface area contributed by atoms with Gasteiger partial charge in [0, 0.05) is 6.54 Å². The summed E-state index contributed by atoms with van der Waals surface area (Å²) in [5, 5.41) is 3.53. The third-order valence-electron chi connectivity index (χ3n) is 5.75. The largest absolute Gasteiger partial charge is 0.316 e. The Morgan fingerprint density at radius 3 is 2.35 bits per heavy atom. The van der Waals surface area contributed by atoms with E-state index in [1.807, 2.05) is 0 Å². The van der Waals surface area contributed by atoms with E-state index in [-0.39, 0.29) is 0 Å². The Morgan fingerprint density at radius 2 is 1.76 bits per heavy atom. The van der Waals surface area contributed by atoms with Crippen LogP contribution in [0.5, 0.6) is 0 Å². The lowest BCUT2D eigenvalue weighted by Crippen LogP contribution is -2.42. The zero-order valence-corrected chi connectivity index (χ0v) is 11.4. The fraction of sp³-hybridized carbons (Fsp3) is 1.00. The molecule has 2 heterocycles. The number of likely N-dealkylation sites (tertiary alicyclic amines) is 1. The second kappa shape index (κ2) is 4.89. The summed E-state index contributed by atoms with van der Waals surface area (Å²) in [5.74, 6) is 1.80. The van der Waals surface area contributed by atoms with Gasteiger partial charge >= 0.3 is 0 Å². The van der Waals surface area contributed by atoms with Crippen molar-refractivity contribution in [1.29, 1.82) is 0 Å². The van der Waals surface area contributed by atoms with E-state index in [1.54, 1.807) is 0 Å². The first-order valence-electron chi connectivity index (χ1n) is 7.71. The van der Waals surface area contributed by atoms with Crippen molar-refractivity contribution in [2.45, 2.75) is 45.4 Å². The van der Waals surface area contributed by atoms with E-state index >= 15 is 0 Å². The lowest BCUT2D eigenvalue weighted by molar-refractivity contribution is 0.0932. The van der Waals surface area contributed by atoms with Gasteiger partial charge in [0.15, 0.2) is 0 Å². The van der Waals surface area contributed by atoms with Crippen LogP contribution in [0.1, 0.15) is 45.4 Å². The molecule has 3 fully saturated rings. The second-order valence-electron chi connectivity index (χ2n) is 6.90. The summed E-state index contributed by atoms with van der Waals surface area (Å²) < 4.78 is 0. The fourth-order valence-electron chi connectivity index (χ4n) is 4.28. The maximum absolute atomic E-state index is 3.53. The maximum Gasteiger partial charge on any atom is 0.00248 e. The van der Waals surface area contributed by atoms with Crippen LogP contribution in [-0.2, 0) is 0 Å². The predicted molar refractivity (Wildman–Crippen MR) is 72.1 cm³/mol. The van der Waals surface area contributed by atoms with E-state index in [2.05, 4.69) is 17.1 Å². The van der Waals surface area contributed by atoms with Crippen molar-refractivity contribution in [2.75, 3.05) is 32.7 Å². The molecule has 2 atom stereocenters. The van der Waals surface area contributed by atoms with Crippen LogP contribution >= 0.6 is 0 Å². The van der Waals surface area contributed by atoms with Gasteiger partial charge in [-0.25, -0.2) is 0 Å². The minimum Gasteiger partial charge on any atom is -0.316 e. The highest BCUT2D eigenvalue weighted by molar-refractivity contribution is 4.91. The van der Waals surface area contributed by atoms with Crippen LogP contribution in [0.15, 0.2) is 0 Å². The van der Waals surface area contributed by atoms with Gasteiger partial charge < -0.3 is 10.2 Å². The zero-order valence-electron chi connectivity index (χ0n) is 11.4. The third-order valence-corrected chi connectivity index (χ3v) is 5.75. The second-order valence-corrected chi connectivity index (χ2v) is 6.90. The van der Waals surface area contributed by atoms with Crippen molar-refractivity contribution in [1.82, 2.24) is 10.2 Å². The summed E-state index contributed by atoms with van der Waals surface area (Å²) in [6, 6.07) is 0. The highest BCUT2D eigenvalue weighted by Gasteiger charge is 2.37. The van der Waals surface area contributed by atoms with E-state index in [0.717, 1.165) is 17.3 Å². The van der Waals surface area contributed by atoms with Gasteiger partial charge in [-0.15, -0.1) is 0 Å². The number of nitrogens with one attached hydrogen (secondary N) is 1. The average Bonchev–Trinajstić information content (AvgIpc) is 2.94. The van der Waals surface area contributed by atoms with E-state index in [9.17, 15) is 0 Å². The van der Waals surface area contributed by atoms with Crippen molar-refractivity contribution < 1.29 is 0 Å². The fourth-order valence-corrected chi connectivity index (χ4v) is 4.28. The smallest absolute Gasteiger partial charge is 0.00248 e. The molecule has 17 heavy (non-hydrogen) atoms. The molecular weight excluding hydrogens is 208 g/mol. The van der Waals surface area contributed by atoms with Crippen molar-refractivity contribution in [2.24, 2.45) is 17.3 Å². The Hall–Kier alpha value is -0.0800. The Labute approximate surface area is 106 Å². The molecule has 2 heteroatoms. The van der Waals surface area contributed by atoms with Gasteiger partial charge in [0.1, 0.15) is 0 Å². The Balaban J connectivity index is 1.48. The number of hydrogen-bond acceptors (Lipinski definition) is 2. The summed E-state index contributed by atoms with van der Waals surface area (Å²) in [5.41, 5.74) is 0.788. The lowest BCUT2D eigenvalue weighted by atomic mass is 9.77. The summed E-state index contributed by atoms with van der Waals surface area (Å²) in [4.78, 5) is 2.75. The maximum atomic E-state index is 3.53. The average molecular weight is 236 g/mol. The Kier molecular flexibility index (Phi) is 3.45. The molecule has 1 aliphatic carbocycles. The molecule has 3 aliphatic rings. The van der Waals surface area contributed by atoms with Crippen molar-refractivity contribution >= 4 is 0 Å². The number of nitrogens with zero attached hydrogens (tertiary/aromatic N) is 1. The van der Waals surface area contributed by atoms with Crippen LogP contribution < -0.4 is 5.32 Å². The van der Waals surface area contributed by atoms with E-state index in [4.69, 9.17) is 0 Å². The van der Waals surface area contributed by atoms with Gasteiger partial charge in [0.2, 0.25) is 0 Å². The van der Waals surface area contributed by atoms with E-state index in [0.29, 0.717) is 0 Å². The van der Waals surface area contributed by atoms with Gasteiger partial charge in [0.25, 0.3) is 0 Å². The van der Waals surface area contributed by atoms with Crippen LogP contribution in [-0.4, -0.2) is 37.6 Å². The van der Waals surface area contributed by atoms with Crippen molar-refractivity contribution in [3.05, 3.63) is 0 Å². The highest BCUT2D eigenvalue weighted by Crippen LogP contribution is 2.46. The van der Waals surface area contributed by atoms with Gasteiger partial charge in [-0.3, -0.25) is 0 Å². The minimum atomic E-state index is 0.788. The summed E-state index contributed by atoms with van der Waals surface area (Å²) in [6.45, 7) is 9.01. The highest BCUT2D eigenvalue weighted by atomic mass is 15.1. The molecular formula is C15H28N2. The summed E-state index contributed by atoms with van der Waals surface area (Å²) >= 11 is 0. The summed E-state index contributed by atoms with van der Waals surface area (Å²) in [7, 11) is 0. The molecule has 0 aromatic carbocycles. The lowest BCUT2D eigenvalue weighted by Gasteiger charge is -2.40. The van der Waals surface area contributed by atoms with Gasteiger partial charge in [-0.05, 0) is 69.1 Å². The van der Waals surface area contributed by atoms with Gasteiger partial charge in [0.05, 0.1) is 0 Å². The first-order chi connectivity index (χ1) is 8.27. The standard InChI is InChI=1S/C15H28N2/c1-13-10-16-11-14(13)12-17-8-6-15(7-9-17)4-2-3-5-15/h13-14,16H,2-12H2,1H3/t13-,14+/m1/s1. The van der Waals surface area contributed by atoms with Gasteiger partial charge in [-0.2, -0.15) is 0 Å². The van der Waals surface area contributed by atoms with Crippen molar-refractivity contribution in [3.8, 4) is 0 Å². The zero-order chi connectivity index (χ0) is 11.7.